The Morgan fingerprint density at radius 2 is 1.92 bits per heavy atom. The second-order valence-corrected chi connectivity index (χ2v) is 11.7. The summed E-state index contributed by atoms with van der Waals surface area (Å²) in [4.78, 5) is 18.5. The Morgan fingerprint density at radius 3 is 2.76 bits per heavy atom. The van der Waals surface area contributed by atoms with Gasteiger partial charge in [0.25, 0.3) is 5.91 Å². The van der Waals surface area contributed by atoms with Crippen LogP contribution in [0.25, 0.3) is 11.1 Å². The molecule has 1 N–H and O–H groups in total. The number of fused-ring (bicyclic) bond motifs is 2. The predicted molar refractivity (Wildman–Crippen MR) is 149 cm³/mol. The van der Waals surface area contributed by atoms with E-state index in [0.29, 0.717) is 17.4 Å². The van der Waals surface area contributed by atoms with Crippen LogP contribution in [0, 0.1) is 5.92 Å². The van der Waals surface area contributed by atoms with Gasteiger partial charge in [-0.05, 0) is 67.4 Å². The second kappa shape index (κ2) is 10.4. The molecule has 3 atom stereocenters. The molecule has 37 heavy (non-hydrogen) atoms. The molecule has 2 unspecified atom stereocenters. The van der Waals surface area contributed by atoms with Crippen LogP contribution < -0.4 is 5.32 Å². The maximum atomic E-state index is 13.4. The van der Waals surface area contributed by atoms with Crippen molar-refractivity contribution in [2.24, 2.45) is 5.92 Å². The lowest BCUT2D eigenvalue weighted by atomic mass is 9.95. The zero-order chi connectivity index (χ0) is 25.4. The first-order valence-electron chi connectivity index (χ1n) is 14.6. The lowest BCUT2D eigenvalue weighted by Gasteiger charge is -2.16. The number of nitrogens with zero attached hydrogens (tertiary/aromatic N) is 3. The van der Waals surface area contributed by atoms with Gasteiger partial charge in [0.15, 0.2) is 0 Å². The molecule has 3 aliphatic rings. The van der Waals surface area contributed by atoms with Crippen molar-refractivity contribution in [3.8, 4) is 0 Å². The minimum atomic E-state index is 0.00290. The summed E-state index contributed by atoms with van der Waals surface area (Å²) in [6.45, 7) is 4.51. The van der Waals surface area contributed by atoms with Gasteiger partial charge in [0.05, 0.1) is 23.0 Å². The van der Waals surface area contributed by atoms with Gasteiger partial charge in [-0.3, -0.25) is 9.78 Å². The second-order valence-electron chi connectivity index (χ2n) is 11.7. The van der Waals surface area contributed by atoms with Crippen LogP contribution in [0.3, 0.4) is 0 Å². The number of hydrogen-bond acceptors (Lipinski definition) is 3. The van der Waals surface area contributed by atoms with Gasteiger partial charge in [-0.15, -0.1) is 0 Å². The van der Waals surface area contributed by atoms with Gasteiger partial charge >= 0.3 is 0 Å². The van der Waals surface area contributed by atoms with Gasteiger partial charge in [-0.25, -0.2) is 4.52 Å². The number of pyridine rings is 2. The standard InChI is InChI=1S/C32H40N4O/c1-3-7-22-8-6-11-25(13-12-22)34-32(37)28-20-33-36-17-16-24(19-30(28)36)27-18-21(2)31-26(27)14-15-29(35-31)23-9-4-5-10-23/h14-23,25H,3-13H2,1-2H3,(H,34,37)/t21-,22?,25?/m0/s1. The van der Waals surface area contributed by atoms with Crippen LogP contribution in [0.5, 0.6) is 0 Å². The minimum absolute atomic E-state index is 0.00290. The summed E-state index contributed by atoms with van der Waals surface area (Å²) in [5.74, 6) is 1.74. The first kappa shape index (κ1) is 24.4. The Morgan fingerprint density at radius 1 is 1.05 bits per heavy atom. The molecular formula is C32H40N4O. The highest BCUT2D eigenvalue weighted by molar-refractivity contribution is 6.01. The highest BCUT2D eigenvalue weighted by atomic mass is 16.1. The summed E-state index contributed by atoms with van der Waals surface area (Å²) in [5.41, 5.74) is 7.56. The Kier molecular flexibility index (Phi) is 6.88. The average Bonchev–Trinajstić information content (AvgIpc) is 3.62. The molecule has 5 heteroatoms. The van der Waals surface area contributed by atoms with Crippen LogP contribution in [0.1, 0.15) is 129 Å². The first-order valence-corrected chi connectivity index (χ1v) is 14.6. The monoisotopic (exact) mass is 496 g/mol. The molecule has 0 aromatic carbocycles. The maximum absolute atomic E-state index is 13.4. The van der Waals surface area contributed by atoms with Crippen molar-refractivity contribution >= 4 is 17.0 Å². The van der Waals surface area contributed by atoms with E-state index in [-0.39, 0.29) is 11.9 Å². The van der Waals surface area contributed by atoms with Crippen LogP contribution in [0.2, 0.25) is 0 Å². The maximum Gasteiger partial charge on any atom is 0.255 e. The fourth-order valence-electron chi connectivity index (χ4n) is 6.99. The van der Waals surface area contributed by atoms with Crippen molar-refractivity contribution in [1.82, 2.24) is 19.9 Å². The lowest BCUT2D eigenvalue weighted by Crippen LogP contribution is -2.34. The topological polar surface area (TPSA) is 59.3 Å². The number of carbonyl (C=O) groups is 1. The van der Waals surface area contributed by atoms with Crippen molar-refractivity contribution in [3.63, 3.8) is 0 Å². The number of allylic oxidation sites excluding steroid dienone is 1. The summed E-state index contributed by atoms with van der Waals surface area (Å²) in [6, 6.07) is 9.02. The normalized spacial score (nSPS) is 24.2. The van der Waals surface area contributed by atoms with Gasteiger partial charge in [0.2, 0.25) is 0 Å². The van der Waals surface area contributed by atoms with Crippen LogP contribution in [-0.4, -0.2) is 26.5 Å². The first-order chi connectivity index (χ1) is 18.1. The zero-order valence-corrected chi connectivity index (χ0v) is 22.4. The van der Waals surface area contributed by atoms with Gasteiger partial charge in [0.1, 0.15) is 0 Å². The van der Waals surface area contributed by atoms with Gasteiger partial charge in [-0.2, -0.15) is 5.10 Å². The summed E-state index contributed by atoms with van der Waals surface area (Å²) >= 11 is 0. The molecule has 3 heterocycles. The van der Waals surface area contributed by atoms with Gasteiger partial charge < -0.3 is 5.32 Å². The van der Waals surface area contributed by atoms with Crippen molar-refractivity contribution in [3.05, 3.63) is 70.8 Å². The Balaban J connectivity index is 1.23. The Hall–Kier alpha value is -2.95. The lowest BCUT2D eigenvalue weighted by molar-refractivity contribution is 0.0934. The van der Waals surface area contributed by atoms with Crippen molar-refractivity contribution in [1.29, 1.82) is 0 Å². The van der Waals surface area contributed by atoms with E-state index < -0.39 is 0 Å². The fourth-order valence-corrected chi connectivity index (χ4v) is 6.99. The minimum Gasteiger partial charge on any atom is -0.349 e. The highest BCUT2D eigenvalue weighted by Crippen LogP contribution is 2.41. The van der Waals surface area contributed by atoms with Crippen LogP contribution in [0.4, 0.5) is 0 Å². The van der Waals surface area contributed by atoms with E-state index >= 15 is 0 Å². The quantitative estimate of drug-likeness (QED) is 0.361. The van der Waals surface area contributed by atoms with Crippen molar-refractivity contribution in [2.75, 3.05) is 0 Å². The molecule has 1 amide bonds. The smallest absolute Gasteiger partial charge is 0.255 e. The fraction of sp³-hybridized carbons (Fsp3) is 0.531. The molecule has 0 saturated heterocycles. The van der Waals surface area contributed by atoms with E-state index in [4.69, 9.17) is 4.98 Å². The van der Waals surface area contributed by atoms with E-state index in [9.17, 15) is 4.79 Å². The Bertz CT molecular complexity index is 1320. The zero-order valence-electron chi connectivity index (χ0n) is 22.4. The summed E-state index contributed by atoms with van der Waals surface area (Å²) < 4.78 is 1.82. The van der Waals surface area contributed by atoms with E-state index in [1.54, 1.807) is 6.20 Å². The van der Waals surface area contributed by atoms with Crippen molar-refractivity contribution < 1.29 is 4.79 Å². The van der Waals surface area contributed by atoms with E-state index in [0.717, 1.165) is 29.8 Å². The molecule has 0 bridgehead atoms. The number of carbonyl (C=O) groups excluding carboxylic acids is 1. The molecule has 0 aliphatic heterocycles. The molecule has 194 valence electrons. The molecule has 2 saturated carbocycles. The number of aromatic nitrogens is 3. The van der Waals surface area contributed by atoms with Gasteiger partial charge in [0, 0.05) is 35.3 Å². The number of rotatable bonds is 6. The molecule has 3 aromatic heterocycles. The summed E-state index contributed by atoms with van der Waals surface area (Å²) in [6.07, 6.45) is 19.7. The largest absolute Gasteiger partial charge is 0.349 e. The molecular weight excluding hydrogens is 456 g/mol. The number of amides is 1. The highest BCUT2D eigenvalue weighted by Gasteiger charge is 2.27. The van der Waals surface area contributed by atoms with E-state index in [1.165, 1.54) is 80.3 Å². The van der Waals surface area contributed by atoms with Crippen molar-refractivity contribution in [2.45, 2.75) is 102 Å². The molecule has 5 nitrogen and oxygen atoms in total. The summed E-state index contributed by atoms with van der Waals surface area (Å²) in [5, 5.41) is 7.84. The molecule has 3 aliphatic carbocycles. The Labute approximate surface area is 220 Å². The number of nitrogens with one attached hydrogen (secondary N) is 1. The van der Waals surface area contributed by atoms with Crippen LogP contribution in [0.15, 0.2) is 42.7 Å². The third-order valence-electron chi connectivity index (χ3n) is 9.06. The number of hydrogen-bond donors (Lipinski definition) is 1. The van der Waals surface area contributed by atoms with Gasteiger partial charge in [-0.1, -0.05) is 64.5 Å². The third kappa shape index (κ3) is 4.85. The molecule has 3 aromatic rings. The molecule has 0 radical (unpaired) electrons. The molecule has 0 spiro atoms. The average molecular weight is 497 g/mol. The predicted octanol–water partition coefficient (Wildman–Crippen LogP) is 7.41. The molecule has 6 rings (SSSR count). The van der Waals surface area contributed by atoms with E-state index in [1.807, 2.05) is 10.7 Å². The summed E-state index contributed by atoms with van der Waals surface area (Å²) in [7, 11) is 0. The van der Waals surface area contributed by atoms with Crippen LogP contribution >= 0.6 is 0 Å². The molecule has 2 fully saturated rings. The third-order valence-corrected chi connectivity index (χ3v) is 9.06. The SMILES string of the molecule is CCCC1CCCC(NC(=O)c2cnn3ccc(C4=C[C@H](C)c5nc(C6CCCC6)ccc54)cc23)CC1. The van der Waals surface area contributed by atoms with Crippen LogP contribution in [-0.2, 0) is 0 Å². The van der Waals surface area contributed by atoms with E-state index in [2.05, 4.69) is 54.6 Å².